The van der Waals surface area contributed by atoms with Crippen LogP contribution in [0.5, 0.6) is 5.75 Å². The second-order valence-electron chi connectivity index (χ2n) is 7.60. The average Bonchev–Trinajstić information content (AvgIpc) is 2.80. The van der Waals surface area contributed by atoms with Crippen molar-refractivity contribution in [1.82, 2.24) is 15.6 Å². The Bertz CT molecular complexity index is 925. The van der Waals surface area contributed by atoms with Crippen LogP contribution >= 0.6 is 37.2 Å². The summed E-state index contributed by atoms with van der Waals surface area (Å²) in [6.45, 7) is 2.02. The monoisotopic (exact) mass is 514 g/mol. The zero-order valence-corrected chi connectivity index (χ0v) is 22.0. The highest BCUT2D eigenvalue weighted by Crippen LogP contribution is 2.29. The van der Waals surface area contributed by atoms with Crippen molar-refractivity contribution in [2.24, 2.45) is 0 Å². The molecule has 0 aliphatic rings. The lowest BCUT2D eigenvalue weighted by molar-refractivity contribution is 0.415. The number of anilines is 1. The molecule has 0 radical (unpaired) electrons. The van der Waals surface area contributed by atoms with Crippen LogP contribution in [0.25, 0.3) is 22.2 Å². The van der Waals surface area contributed by atoms with Gasteiger partial charge in [0.1, 0.15) is 5.75 Å². The largest absolute Gasteiger partial charge is 0.497 e. The number of para-hydroxylation sites is 1. The van der Waals surface area contributed by atoms with E-state index in [4.69, 9.17) is 9.72 Å². The molecule has 0 bridgehead atoms. The van der Waals surface area contributed by atoms with E-state index in [1.54, 1.807) is 7.11 Å². The van der Waals surface area contributed by atoms with E-state index in [0.29, 0.717) is 6.04 Å². The molecular formula is C25H37Cl3N4O. The molecule has 184 valence electrons. The van der Waals surface area contributed by atoms with E-state index >= 15 is 0 Å². The molecule has 1 unspecified atom stereocenters. The summed E-state index contributed by atoms with van der Waals surface area (Å²) in [6.07, 6.45) is 4.70. The fraction of sp³-hybridized carbons (Fsp3) is 0.400. The maximum atomic E-state index is 5.28. The van der Waals surface area contributed by atoms with Gasteiger partial charge in [0, 0.05) is 29.2 Å². The maximum Gasteiger partial charge on any atom is 0.118 e. The number of ether oxygens (including phenoxy) is 1. The number of aromatic nitrogens is 1. The van der Waals surface area contributed by atoms with Gasteiger partial charge in [-0.25, -0.2) is 4.98 Å². The van der Waals surface area contributed by atoms with Gasteiger partial charge >= 0.3 is 0 Å². The van der Waals surface area contributed by atoms with Crippen molar-refractivity contribution < 1.29 is 4.74 Å². The number of hydrogen-bond acceptors (Lipinski definition) is 5. The second kappa shape index (κ2) is 16.8. The van der Waals surface area contributed by atoms with Gasteiger partial charge in [0.05, 0.1) is 18.3 Å². The lowest BCUT2D eigenvalue weighted by atomic mass is 10.1. The molecule has 33 heavy (non-hydrogen) atoms. The summed E-state index contributed by atoms with van der Waals surface area (Å²) in [5.74, 6) is 0.853. The van der Waals surface area contributed by atoms with Crippen LogP contribution in [0.4, 0.5) is 5.69 Å². The number of rotatable bonds is 12. The Balaban J connectivity index is 0.00000341. The first-order chi connectivity index (χ1) is 14.7. The van der Waals surface area contributed by atoms with Gasteiger partial charge in [0.25, 0.3) is 0 Å². The maximum absolute atomic E-state index is 5.28. The minimum atomic E-state index is 0. The SMILES string of the molecule is CNCCCC(CCCNc1cc(-c2ccc(OC)cc2)nc2ccccc12)NC.Cl.Cl.Cl. The minimum absolute atomic E-state index is 0. The first kappa shape index (κ1) is 31.2. The van der Waals surface area contributed by atoms with E-state index < -0.39 is 0 Å². The molecule has 8 heteroatoms. The third-order valence-corrected chi connectivity index (χ3v) is 5.53. The third kappa shape index (κ3) is 9.19. The van der Waals surface area contributed by atoms with Crippen molar-refractivity contribution in [1.29, 1.82) is 0 Å². The van der Waals surface area contributed by atoms with Crippen LogP contribution in [0.3, 0.4) is 0 Å². The fourth-order valence-electron chi connectivity index (χ4n) is 3.76. The number of nitrogens with zero attached hydrogens (tertiary/aromatic N) is 1. The van der Waals surface area contributed by atoms with Gasteiger partial charge in [-0.2, -0.15) is 0 Å². The molecule has 0 amide bonds. The smallest absolute Gasteiger partial charge is 0.118 e. The summed E-state index contributed by atoms with van der Waals surface area (Å²) in [5.41, 5.74) is 4.21. The lowest BCUT2D eigenvalue weighted by Gasteiger charge is -2.17. The van der Waals surface area contributed by atoms with Gasteiger partial charge in [-0.15, -0.1) is 37.2 Å². The molecule has 0 spiro atoms. The normalized spacial score (nSPS) is 11.0. The van der Waals surface area contributed by atoms with Gasteiger partial charge in [0.2, 0.25) is 0 Å². The Morgan fingerprint density at radius 2 is 1.55 bits per heavy atom. The zero-order valence-electron chi connectivity index (χ0n) is 19.6. The number of hydrogen-bond donors (Lipinski definition) is 3. The molecule has 0 saturated carbocycles. The fourth-order valence-corrected chi connectivity index (χ4v) is 3.76. The Labute approximate surface area is 216 Å². The van der Waals surface area contributed by atoms with E-state index in [0.717, 1.165) is 53.1 Å². The Morgan fingerprint density at radius 1 is 0.879 bits per heavy atom. The van der Waals surface area contributed by atoms with Gasteiger partial charge in [-0.3, -0.25) is 0 Å². The van der Waals surface area contributed by atoms with E-state index in [1.165, 1.54) is 19.3 Å². The number of methoxy groups -OCH3 is 1. The van der Waals surface area contributed by atoms with Crippen molar-refractivity contribution in [3.8, 4) is 17.0 Å². The highest BCUT2D eigenvalue weighted by molar-refractivity contribution is 5.93. The molecule has 5 nitrogen and oxygen atoms in total. The number of fused-ring (bicyclic) bond motifs is 1. The summed E-state index contributed by atoms with van der Waals surface area (Å²) in [4.78, 5) is 4.88. The Kier molecular flexibility index (Phi) is 15.9. The molecule has 0 aliphatic heterocycles. The van der Waals surface area contributed by atoms with Crippen LogP contribution in [0, 0.1) is 0 Å². The Hall–Kier alpha value is -1.76. The molecule has 0 fully saturated rings. The van der Waals surface area contributed by atoms with E-state index in [9.17, 15) is 0 Å². The van der Waals surface area contributed by atoms with Crippen molar-refractivity contribution in [2.45, 2.75) is 31.7 Å². The number of nitrogens with one attached hydrogen (secondary N) is 3. The summed E-state index contributed by atoms with van der Waals surface area (Å²) >= 11 is 0. The predicted molar refractivity (Wildman–Crippen MR) is 149 cm³/mol. The standard InChI is InChI=1S/C25H34N4O.3ClH/c1-26-16-6-8-20(27-2)9-7-17-28-25-18-24(19-12-14-21(30-3)15-13-19)29-23-11-5-4-10-22(23)25;;;/h4-5,10-15,18,20,26-27H,6-9,16-17H2,1-3H3,(H,28,29);3*1H. The van der Waals surface area contributed by atoms with Gasteiger partial charge < -0.3 is 20.7 Å². The lowest BCUT2D eigenvalue weighted by Crippen LogP contribution is -2.27. The highest BCUT2D eigenvalue weighted by atomic mass is 35.5. The summed E-state index contributed by atoms with van der Waals surface area (Å²) < 4.78 is 5.28. The molecule has 1 atom stereocenters. The molecule has 3 rings (SSSR count). The summed E-state index contributed by atoms with van der Waals surface area (Å²) in [6, 6.07) is 19.1. The molecule has 1 heterocycles. The number of benzene rings is 2. The Morgan fingerprint density at radius 3 is 2.18 bits per heavy atom. The van der Waals surface area contributed by atoms with Crippen molar-refractivity contribution >= 4 is 53.8 Å². The minimum Gasteiger partial charge on any atom is -0.497 e. The second-order valence-corrected chi connectivity index (χ2v) is 7.60. The van der Waals surface area contributed by atoms with Crippen LogP contribution in [0.15, 0.2) is 54.6 Å². The van der Waals surface area contributed by atoms with Crippen LogP contribution < -0.4 is 20.7 Å². The third-order valence-electron chi connectivity index (χ3n) is 5.53. The first-order valence-electron chi connectivity index (χ1n) is 10.8. The number of halogens is 3. The number of pyridine rings is 1. The molecule has 0 saturated heterocycles. The van der Waals surface area contributed by atoms with E-state index in [2.05, 4.69) is 59.4 Å². The molecular weight excluding hydrogens is 479 g/mol. The predicted octanol–water partition coefficient (Wildman–Crippen LogP) is 5.96. The van der Waals surface area contributed by atoms with E-state index in [-0.39, 0.29) is 37.2 Å². The van der Waals surface area contributed by atoms with Crippen LogP contribution in [-0.2, 0) is 0 Å². The summed E-state index contributed by atoms with van der Waals surface area (Å²) in [5, 5.41) is 11.5. The highest BCUT2D eigenvalue weighted by Gasteiger charge is 2.09. The average molecular weight is 516 g/mol. The van der Waals surface area contributed by atoms with Crippen molar-refractivity contribution in [3.63, 3.8) is 0 Å². The van der Waals surface area contributed by atoms with Gasteiger partial charge in [-0.05, 0) is 82.7 Å². The van der Waals surface area contributed by atoms with E-state index in [1.807, 2.05) is 25.2 Å². The van der Waals surface area contributed by atoms with Crippen LogP contribution in [0.1, 0.15) is 25.7 Å². The van der Waals surface area contributed by atoms with Crippen molar-refractivity contribution in [2.75, 3.05) is 39.6 Å². The molecule has 2 aromatic carbocycles. The zero-order chi connectivity index (χ0) is 21.2. The van der Waals surface area contributed by atoms with Crippen molar-refractivity contribution in [3.05, 3.63) is 54.6 Å². The first-order valence-corrected chi connectivity index (χ1v) is 10.8. The summed E-state index contributed by atoms with van der Waals surface area (Å²) in [7, 11) is 5.76. The quantitative estimate of drug-likeness (QED) is 0.260. The molecule has 3 N–H and O–H groups in total. The molecule has 0 aliphatic carbocycles. The van der Waals surface area contributed by atoms with Crippen LogP contribution in [0.2, 0.25) is 0 Å². The molecule has 3 aromatic rings. The topological polar surface area (TPSA) is 58.2 Å². The van der Waals surface area contributed by atoms with Gasteiger partial charge in [-0.1, -0.05) is 18.2 Å². The molecule has 1 aromatic heterocycles. The van der Waals surface area contributed by atoms with Gasteiger partial charge in [0.15, 0.2) is 0 Å². The van der Waals surface area contributed by atoms with Crippen LogP contribution in [-0.4, -0.2) is 45.3 Å².